The molecule has 1 aliphatic carbocycles. The van der Waals surface area contributed by atoms with Gasteiger partial charge in [0.2, 0.25) is 5.91 Å². The first-order valence-electron chi connectivity index (χ1n) is 7.76. The Balaban J connectivity index is 1.60. The molecule has 5 nitrogen and oxygen atoms in total. The minimum absolute atomic E-state index is 0.143. The zero-order valence-corrected chi connectivity index (χ0v) is 12.3. The van der Waals surface area contributed by atoms with Gasteiger partial charge in [-0.2, -0.15) is 0 Å². The summed E-state index contributed by atoms with van der Waals surface area (Å²) in [5, 5.41) is 0. The first kappa shape index (κ1) is 15.5. The van der Waals surface area contributed by atoms with Gasteiger partial charge in [-0.3, -0.25) is 25.4 Å². The van der Waals surface area contributed by atoms with E-state index in [-0.39, 0.29) is 5.91 Å². The lowest BCUT2D eigenvalue weighted by molar-refractivity contribution is -0.122. The summed E-state index contributed by atoms with van der Waals surface area (Å²) >= 11 is 0. The standard InChI is InChI=1S/C16H23N3O2/c20-15(11-6-9-13-7-2-1-3-8-13)18-19-16(21)14-10-4-5-12-17-14/h4-5,10,12-13H,1-3,6-9,11H2,(H,18,20)(H,19,21). The third-order valence-corrected chi connectivity index (χ3v) is 3.95. The zero-order valence-electron chi connectivity index (χ0n) is 12.3. The van der Waals surface area contributed by atoms with Crippen LogP contribution in [-0.2, 0) is 4.79 Å². The van der Waals surface area contributed by atoms with E-state index in [4.69, 9.17) is 0 Å². The highest BCUT2D eigenvalue weighted by atomic mass is 16.2. The summed E-state index contributed by atoms with van der Waals surface area (Å²) in [5.41, 5.74) is 5.12. The molecule has 5 heteroatoms. The lowest BCUT2D eigenvalue weighted by atomic mass is 9.86. The van der Waals surface area contributed by atoms with Crippen molar-refractivity contribution >= 4 is 11.8 Å². The zero-order chi connectivity index (χ0) is 14.9. The number of nitrogens with zero attached hydrogens (tertiary/aromatic N) is 1. The van der Waals surface area contributed by atoms with Gasteiger partial charge in [0.1, 0.15) is 5.69 Å². The van der Waals surface area contributed by atoms with Gasteiger partial charge in [-0.25, -0.2) is 0 Å². The molecule has 1 aromatic heterocycles. The first-order valence-corrected chi connectivity index (χ1v) is 7.76. The van der Waals surface area contributed by atoms with Crippen molar-refractivity contribution in [2.45, 2.75) is 51.4 Å². The molecule has 21 heavy (non-hydrogen) atoms. The molecule has 1 saturated carbocycles. The lowest BCUT2D eigenvalue weighted by Crippen LogP contribution is -2.41. The summed E-state index contributed by atoms with van der Waals surface area (Å²) in [5.74, 6) is 0.251. The molecule has 1 fully saturated rings. The van der Waals surface area contributed by atoms with Crippen molar-refractivity contribution in [2.75, 3.05) is 0 Å². The van der Waals surface area contributed by atoms with Crippen LogP contribution < -0.4 is 10.9 Å². The van der Waals surface area contributed by atoms with E-state index in [9.17, 15) is 9.59 Å². The number of nitrogens with one attached hydrogen (secondary N) is 2. The Labute approximate surface area is 125 Å². The van der Waals surface area contributed by atoms with E-state index in [1.807, 2.05) is 0 Å². The maximum atomic E-state index is 11.7. The molecule has 0 saturated heterocycles. The molecule has 2 N–H and O–H groups in total. The predicted octanol–water partition coefficient (Wildman–Crippen LogP) is 2.59. The number of hydrogen-bond acceptors (Lipinski definition) is 3. The molecule has 2 rings (SSSR count). The summed E-state index contributed by atoms with van der Waals surface area (Å²) in [6.45, 7) is 0. The molecule has 1 aromatic rings. The average Bonchev–Trinajstić information content (AvgIpc) is 2.54. The van der Waals surface area contributed by atoms with E-state index in [1.165, 1.54) is 32.1 Å². The van der Waals surface area contributed by atoms with Crippen molar-refractivity contribution in [2.24, 2.45) is 5.92 Å². The second-order valence-corrected chi connectivity index (χ2v) is 5.61. The summed E-state index contributed by atoms with van der Waals surface area (Å²) in [6.07, 6.45) is 10.6. The van der Waals surface area contributed by atoms with Gasteiger partial charge >= 0.3 is 0 Å². The monoisotopic (exact) mass is 289 g/mol. The van der Waals surface area contributed by atoms with Crippen molar-refractivity contribution in [3.63, 3.8) is 0 Å². The highest BCUT2D eigenvalue weighted by molar-refractivity contribution is 5.93. The second kappa shape index (κ2) is 8.39. The summed E-state index contributed by atoms with van der Waals surface area (Å²) in [6, 6.07) is 5.07. The van der Waals surface area contributed by atoms with Gasteiger partial charge in [-0.05, 0) is 30.9 Å². The Hall–Kier alpha value is -1.91. The van der Waals surface area contributed by atoms with Crippen molar-refractivity contribution in [1.82, 2.24) is 15.8 Å². The van der Waals surface area contributed by atoms with E-state index in [0.29, 0.717) is 12.1 Å². The minimum Gasteiger partial charge on any atom is -0.273 e. The van der Waals surface area contributed by atoms with Crippen LogP contribution in [0.1, 0.15) is 61.9 Å². The molecule has 2 amide bonds. The van der Waals surface area contributed by atoms with E-state index < -0.39 is 5.91 Å². The molecule has 0 bridgehead atoms. The van der Waals surface area contributed by atoms with E-state index in [0.717, 1.165) is 18.8 Å². The fourth-order valence-electron chi connectivity index (χ4n) is 2.78. The van der Waals surface area contributed by atoms with Gasteiger partial charge in [0.05, 0.1) is 0 Å². The highest BCUT2D eigenvalue weighted by Crippen LogP contribution is 2.27. The Morgan fingerprint density at radius 3 is 2.67 bits per heavy atom. The molecule has 0 aliphatic heterocycles. The van der Waals surface area contributed by atoms with Gasteiger partial charge in [0, 0.05) is 12.6 Å². The van der Waals surface area contributed by atoms with Crippen molar-refractivity contribution in [3.05, 3.63) is 30.1 Å². The van der Waals surface area contributed by atoms with Gasteiger partial charge in [0.25, 0.3) is 5.91 Å². The fourth-order valence-corrected chi connectivity index (χ4v) is 2.78. The molecule has 0 unspecified atom stereocenters. The number of carbonyl (C=O) groups excluding carboxylic acids is 2. The number of aromatic nitrogens is 1. The molecular formula is C16H23N3O2. The lowest BCUT2D eigenvalue weighted by Gasteiger charge is -2.21. The third-order valence-electron chi connectivity index (χ3n) is 3.95. The second-order valence-electron chi connectivity index (χ2n) is 5.61. The number of carbonyl (C=O) groups is 2. The van der Waals surface area contributed by atoms with Crippen LogP contribution in [0.5, 0.6) is 0 Å². The van der Waals surface area contributed by atoms with Crippen molar-refractivity contribution in [3.8, 4) is 0 Å². The first-order chi connectivity index (χ1) is 10.3. The number of hydrazine groups is 1. The molecule has 0 radical (unpaired) electrons. The Morgan fingerprint density at radius 1 is 1.14 bits per heavy atom. The van der Waals surface area contributed by atoms with E-state index in [2.05, 4.69) is 15.8 Å². The average molecular weight is 289 g/mol. The van der Waals surface area contributed by atoms with Crippen LogP contribution in [0.3, 0.4) is 0 Å². The van der Waals surface area contributed by atoms with E-state index in [1.54, 1.807) is 24.4 Å². The highest BCUT2D eigenvalue weighted by Gasteiger charge is 2.14. The number of amides is 2. The topological polar surface area (TPSA) is 71.1 Å². The molecule has 1 heterocycles. The molecule has 0 atom stereocenters. The number of pyridine rings is 1. The Bertz CT molecular complexity index is 456. The van der Waals surface area contributed by atoms with Gasteiger partial charge in [-0.15, -0.1) is 0 Å². The quantitative estimate of drug-likeness (QED) is 0.818. The van der Waals surface area contributed by atoms with Crippen LogP contribution >= 0.6 is 0 Å². The molecule has 0 spiro atoms. The van der Waals surface area contributed by atoms with E-state index >= 15 is 0 Å². The van der Waals surface area contributed by atoms with Crippen LogP contribution in [0.25, 0.3) is 0 Å². The molecular weight excluding hydrogens is 266 g/mol. The largest absolute Gasteiger partial charge is 0.288 e. The van der Waals surface area contributed by atoms with Gasteiger partial charge < -0.3 is 0 Å². The SMILES string of the molecule is O=C(CCCC1CCCCC1)NNC(=O)c1ccccn1. The summed E-state index contributed by atoms with van der Waals surface area (Å²) < 4.78 is 0. The van der Waals surface area contributed by atoms with Crippen molar-refractivity contribution in [1.29, 1.82) is 0 Å². The summed E-state index contributed by atoms with van der Waals surface area (Å²) in [7, 11) is 0. The Morgan fingerprint density at radius 2 is 1.95 bits per heavy atom. The minimum atomic E-state index is -0.392. The van der Waals surface area contributed by atoms with Gasteiger partial charge in [-0.1, -0.05) is 38.2 Å². The number of hydrogen-bond donors (Lipinski definition) is 2. The molecule has 1 aliphatic rings. The summed E-state index contributed by atoms with van der Waals surface area (Å²) in [4.78, 5) is 27.3. The van der Waals surface area contributed by atoms with Crippen molar-refractivity contribution < 1.29 is 9.59 Å². The van der Waals surface area contributed by atoms with Crippen LogP contribution in [0.2, 0.25) is 0 Å². The van der Waals surface area contributed by atoms with Crippen LogP contribution in [-0.4, -0.2) is 16.8 Å². The maximum Gasteiger partial charge on any atom is 0.288 e. The fraction of sp³-hybridized carbons (Fsp3) is 0.562. The van der Waals surface area contributed by atoms with Gasteiger partial charge in [0.15, 0.2) is 0 Å². The number of rotatable bonds is 5. The third kappa shape index (κ3) is 5.53. The smallest absolute Gasteiger partial charge is 0.273 e. The van der Waals surface area contributed by atoms with Crippen LogP contribution in [0.4, 0.5) is 0 Å². The Kier molecular flexibility index (Phi) is 6.19. The van der Waals surface area contributed by atoms with Crippen LogP contribution in [0, 0.1) is 5.92 Å². The maximum absolute atomic E-state index is 11.7. The molecule has 0 aromatic carbocycles. The predicted molar refractivity (Wildman–Crippen MR) is 80.3 cm³/mol. The normalized spacial score (nSPS) is 15.4. The van der Waals surface area contributed by atoms with Crippen LogP contribution in [0.15, 0.2) is 24.4 Å². The molecule has 114 valence electrons.